The summed E-state index contributed by atoms with van der Waals surface area (Å²) in [7, 11) is 0. The highest BCUT2D eigenvalue weighted by Gasteiger charge is 2.12. The molecule has 0 fully saturated rings. The Bertz CT molecular complexity index is 972. The fraction of sp³-hybridized carbons (Fsp3) is 0.0455. The molecule has 4 aromatic rings. The van der Waals surface area contributed by atoms with Gasteiger partial charge in [-0.1, -0.05) is 79.9 Å². The van der Waals surface area contributed by atoms with E-state index in [0.29, 0.717) is 17.5 Å². The SMILES string of the molecule is Cc1cccc(-c2nc(-c3cccc(Br)c3)nc(-c3cccc(Br)c3)n2)c1. The fourth-order valence-electron chi connectivity index (χ4n) is 2.80. The zero-order chi connectivity index (χ0) is 18.8. The molecular formula is C22H15Br2N3. The molecule has 0 unspecified atom stereocenters. The van der Waals surface area contributed by atoms with Crippen LogP contribution in [0.15, 0.2) is 81.7 Å². The third-order valence-corrected chi connectivity index (χ3v) is 5.06. The Balaban J connectivity index is 1.94. The van der Waals surface area contributed by atoms with E-state index >= 15 is 0 Å². The van der Waals surface area contributed by atoms with Crippen LogP contribution in [-0.2, 0) is 0 Å². The lowest BCUT2D eigenvalue weighted by Gasteiger charge is -2.09. The van der Waals surface area contributed by atoms with E-state index in [1.54, 1.807) is 0 Å². The van der Waals surface area contributed by atoms with Gasteiger partial charge in [0.1, 0.15) is 0 Å². The highest BCUT2D eigenvalue weighted by Crippen LogP contribution is 2.27. The van der Waals surface area contributed by atoms with E-state index in [4.69, 9.17) is 15.0 Å². The molecule has 0 aliphatic carbocycles. The van der Waals surface area contributed by atoms with Gasteiger partial charge in [0, 0.05) is 25.6 Å². The Morgan fingerprint density at radius 3 is 1.37 bits per heavy atom. The molecule has 0 aliphatic heterocycles. The number of hydrogen-bond acceptors (Lipinski definition) is 3. The van der Waals surface area contributed by atoms with Crippen LogP contribution in [0.3, 0.4) is 0 Å². The van der Waals surface area contributed by atoms with E-state index in [1.165, 1.54) is 5.56 Å². The molecule has 0 atom stereocenters. The van der Waals surface area contributed by atoms with Crippen molar-refractivity contribution in [2.75, 3.05) is 0 Å². The minimum Gasteiger partial charge on any atom is -0.208 e. The quantitative estimate of drug-likeness (QED) is 0.327. The van der Waals surface area contributed by atoms with Crippen LogP contribution in [0.25, 0.3) is 34.2 Å². The van der Waals surface area contributed by atoms with E-state index in [-0.39, 0.29) is 0 Å². The Morgan fingerprint density at radius 1 is 0.556 bits per heavy atom. The van der Waals surface area contributed by atoms with E-state index in [0.717, 1.165) is 25.6 Å². The van der Waals surface area contributed by atoms with E-state index in [1.807, 2.05) is 60.7 Å². The first kappa shape index (κ1) is 18.0. The van der Waals surface area contributed by atoms with Crippen LogP contribution in [0.5, 0.6) is 0 Å². The maximum atomic E-state index is 4.75. The number of aromatic nitrogens is 3. The van der Waals surface area contributed by atoms with Crippen molar-refractivity contribution in [3.63, 3.8) is 0 Å². The average Bonchev–Trinajstić information content (AvgIpc) is 2.68. The summed E-state index contributed by atoms with van der Waals surface area (Å²) < 4.78 is 1.98. The zero-order valence-corrected chi connectivity index (χ0v) is 17.7. The molecule has 4 rings (SSSR count). The third-order valence-electron chi connectivity index (χ3n) is 4.08. The lowest BCUT2D eigenvalue weighted by atomic mass is 10.1. The Hall–Kier alpha value is -2.37. The molecule has 3 aromatic carbocycles. The van der Waals surface area contributed by atoms with Gasteiger partial charge in [0.05, 0.1) is 0 Å². The fourth-order valence-corrected chi connectivity index (χ4v) is 3.60. The number of halogens is 2. The monoisotopic (exact) mass is 479 g/mol. The van der Waals surface area contributed by atoms with Crippen molar-refractivity contribution < 1.29 is 0 Å². The third kappa shape index (κ3) is 4.15. The molecule has 0 bridgehead atoms. The lowest BCUT2D eigenvalue weighted by Crippen LogP contribution is -2.00. The average molecular weight is 481 g/mol. The summed E-state index contributed by atoms with van der Waals surface area (Å²) in [6, 6.07) is 24.2. The van der Waals surface area contributed by atoms with Gasteiger partial charge in [0.2, 0.25) is 0 Å². The molecule has 1 aromatic heterocycles. The van der Waals surface area contributed by atoms with E-state index < -0.39 is 0 Å². The second-order valence-electron chi connectivity index (χ2n) is 6.20. The first-order chi connectivity index (χ1) is 13.1. The molecular weight excluding hydrogens is 466 g/mol. The number of benzene rings is 3. The van der Waals surface area contributed by atoms with Gasteiger partial charge in [-0.05, 0) is 37.3 Å². The predicted octanol–water partition coefficient (Wildman–Crippen LogP) is 6.71. The second-order valence-corrected chi connectivity index (χ2v) is 8.03. The number of nitrogens with zero attached hydrogens (tertiary/aromatic N) is 3. The first-order valence-corrected chi connectivity index (χ1v) is 10.0. The molecule has 132 valence electrons. The van der Waals surface area contributed by atoms with Crippen molar-refractivity contribution in [1.29, 1.82) is 0 Å². The summed E-state index contributed by atoms with van der Waals surface area (Å²) in [5, 5.41) is 0. The molecule has 3 nitrogen and oxygen atoms in total. The maximum absolute atomic E-state index is 4.75. The topological polar surface area (TPSA) is 38.7 Å². The van der Waals surface area contributed by atoms with Crippen LogP contribution in [0.2, 0.25) is 0 Å². The van der Waals surface area contributed by atoms with Crippen molar-refractivity contribution in [2.45, 2.75) is 6.92 Å². The van der Waals surface area contributed by atoms with Crippen molar-refractivity contribution in [2.24, 2.45) is 0 Å². The van der Waals surface area contributed by atoms with E-state index in [2.05, 4.69) is 50.9 Å². The number of rotatable bonds is 3. The molecule has 0 N–H and O–H groups in total. The highest BCUT2D eigenvalue weighted by atomic mass is 79.9. The first-order valence-electron chi connectivity index (χ1n) is 8.43. The smallest absolute Gasteiger partial charge is 0.164 e. The number of hydrogen-bond donors (Lipinski definition) is 0. The summed E-state index contributed by atoms with van der Waals surface area (Å²) in [5.74, 6) is 1.97. The summed E-state index contributed by atoms with van der Waals surface area (Å²) in [6.07, 6.45) is 0. The number of aryl methyl sites for hydroxylation is 1. The summed E-state index contributed by atoms with van der Waals surface area (Å²) in [4.78, 5) is 14.2. The molecule has 0 spiro atoms. The summed E-state index contributed by atoms with van der Waals surface area (Å²) >= 11 is 7.06. The van der Waals surface area contributed by atoms with Gasteiger partial charge in [0.15, 0.2) is 17.5 Å². The van der Waals surface area contributed by atoms with Gasteiger partial charge in [-0.3, -0.25) is 0 Å². The van der Waals surface area contributed by atoms with Gasteiger partial charge in [0.25, 0.3) is 0 Å². The molecule has 1 heterocycles. The van der Waals surface area contributed by atoms with Crippen molar-refractivity contribution in [3.05, 3.63) is 87.3 Å². The normalized spacial score (nSPS) is 10.8. The van der Waals surface area contributed by atoms with Crippen LogP contribution in [0, 0.1) is 6.92 Å². The molecule has 0 radical (unpaired) electrons. The van der Waals surface area contributed by atoms with E-state index in [9.17, 15) is 0 Å². The van der Waals surface area contributed by atoms with Crippen LogP contribution in [0.1, 0.15) is 5.56 Å². The molecule has 0 aliphatic rings. The van der Waals surface area contributed by atoms with Crippen LogP contribution >= 0.6 is 31.9 Å². The maximum Gasteiger partial charge on any atom is 0.164 e. The van der Waals surface area contributed by atoms with Gasteiger partial charge in [-0.2, -0.15) is 0 Å². The van der Waals surface area contributed by atoms with Gasteiger partial charge < -0.3 is 0 Å². The summed E-state index contributed by atoms with van der Waals surface area (Å²) in [6.45, 7) is 2.06. The zero-order valence-electron chi connectivity index (χ0n) is 14.5. The molecule has 0 saturated carbocycles. The lowest BCUT2D eigenvalue weighted by molar-refractivity contribution is 1.07. The Kier molecular flexibility index (Phi) is 5.14. The van der Waals surface area contributed by atoms with Gasteiger partial charge in [-0.25, -0.2) is 15.0 Å². The molecule has 0 amide bonds. The van der Waals surface area contributed by atoms with Gasteiger partial charge in [-0.15, -0.1) is 0 Å². The summed E-state index contributed by atoms with van der Waals surface area (Å²) in [5.41, 5.74) is 4.03. The van der Waals surface area contributed by atoms with Crippen LogP contribution in [0.4, 0.5) is 0 Å². The van der Waals surface area contributed by atoms with Crippen molar-refractivity contribution in [3.8, 4) is 34.2 Å². The largest absolute Gasteiger partial charge is 0.208 e. The van der Waals surface area contributed by atoms with Crippen LogP contribution < -0.4 is 0 Å². The minimum atomic E-state index is 0.651. The van der Waals surface area contributed by atoms with Gasteiger partial charge >= 0.3 is 0 Å². The highest BCUT2D eigenvalue weighted by molar-refractivity contribution is 9.10. The second kappa shape index (κ2) is 7.71. The van der Waals surface area contributed by atoms with Crippen molar-refractivity contribution >= 4 is 31.9 Å². The molecule has 0 saturated heterocycles. The minimum absolute atomic E-state index is 0.651. The van der Waals surface area contributed by atoms with Crippen molar-refractivity contribution in [1.82, 2.24) is 15.0 Å². The molecule has 5 heteroatoms. The Morgan fingerprint density at radius 2 is 0.963 bits per heavy atom. The Labute approximate surface area is 174 Å². The standard InChI is InChI=1S/C22H15Br2N3/c1-14-5-2-6-15(11-14)20-25-21(16-7-3-9-18(23)12-16)27-22(26-20)17-8-4-10-19(24)13-17/h2-13H,1H3. The predicted molar refractivity (Wildman–Crippen MR) is 116 cm³/mol. The van der Waals surface area contributed by atoms with Crippen LogP contribution in [-0.4, -0.2) is 15.0 Å². The molecule has 27 heavy (non-hydrogen) atoms.